The van der Waals surface area contributed by atoms with Crippen molar-refractivity contribution in [2.75, 3.05) is 0 Å². The molecule has 1 aromatic carbocycles. The van der Waals surface area contributed by atoms with E-state index in [1.54, 1.807) is 23.9 Å². The van der Waals surface area contributed by atoms with Gasteiger partial charge in [-0.05, 0) is 82.0 Å². The summed E-state index contributed by atoms with van der Waals surface area (Å²) >= 11 is 7.74. The van der Waals surface area contributed by atoms with Crippen LogP contribution in [0.25, 0.3) is 0 Å². The Kier molecular flexibility index (Phi) is 3.82. The molecule has 0 N–H and O–H groups in total. The van der Waals surface area contributed by atoms with E-state index >= 15 is 0 Å². The van der Waals surface area contributed by atoms with Gasteiger partial charge in [0.1, 0.15) is 0 Å². The van der Waals surface area contributed by atoms with E-state index in [0.717, 1.165) is 16.4 Å². The van der Waals surface area contributed by atoms with Gasteiger partial charge in [-0.3, -0.25) is 0 Å². The van der Waals surface area contributed by atoms with E-state index in [1.165, 1.54) is 0 Å². The highest BCUT2D eigenvalue weighted by Gasteiger charge is 2.73. The first-order valence-electron chi connectivity index (χ1n) is 8.50. The van der Waals surface area contributed by atoms with Gasteiger partial charge in [0, 0.05) is 28.1 Å². The Morgan fingerprint density at radius 1 is 0.846 bits per heavy atom. The third kappa shape index (κ3) is 2.00. The lowest BCUT2D eigenvalue weighted by molar-refractivity contribution is 0.249. The van der Waals surface area contributed by atoms with E-state index in [2.05, 4.69) is 22.6 Å². The van der Waals surface area contributed by atoms with Gasteiger partial charge in [-0.15, -0.1) is 0 Å². The van der Waals surface area contributed by atoms with Gasteiger partial charge in [0.05, 0.1) is 20.3 Å². The fourth-order valence-corrected chi connectivity index (χ4v) is 20.5. The highest BCUT2D eigenvalue weighted by atomic mass is 127. The molecule has 4 nitrogen and oxygen atoms in total. The zero-order valence-electron chi connectivity index (χ0n) is 13.2. The van der Waals surface area contributed by atoms with Gasteiger partial charge in [0.25, 0.3) is 0 Å². The molecule has 8 unspecified atom stereocenters. The number of benzene rings is 1. The Bertz CT molecular complexity index is 1070. The molecule has 5 heterocycles. The topological polar surface area (TPSA) is 68.3 Å². The van der Waals surface area contributed by atoms with Crippen molar-refractivity contribution in [2.24, 2.45) is 11.8 Å². The second kappa shape index (κ2) is 5.50. The van der Waals surface area contributed by atoms with Crippen molar-refractivity contribution >= 4 is 88.4 Å². The Morgan fingerprint density at radius 2 is 1.42 bits per heavy atom. The van der Waals surface area contributed by atoms with Gasteiger partial charge in [0.15, 0.2) is 19.7 Å². The third-order valence-corrected chi connectivity index (χ3v) is 17.4. The molecule has 6 rings (SSSR count). The molecule has 0 aliphatic carbocycles. The first-order valence-corrected chi connectivity index (χ1v) is 15.6. The van der Waals surface area contributed by atoms with Crippen LogP contribution >= 0.6 is 68.7 Å². The minimum absolute atomic E-state index is 0.0514. The predicted octanol–water partition coefficient (Wildman–Crippen LogP) is 3.20. The van der Waals surface area contributed by atoms with Crippen LogP contribution < -0.4 is 0 Å². The molecule has 10 heteroatoms. The highest BCUT2D eigenvalue weighted by Crippen LogP contribution is 2.70. The molecule has 1 aromatic rings. The van der Waals surface area contributed by atoms with Crippen molar-refractivity contribution in [3.05, 3.63) is 19.3 Å². The Morgan fingerprint density at radius 3 is 2.04 bits per heavy atom. The summed E-state index contributed by atoms with van der Waals surface area (Å²) in [6.45, 7) is 0. The van der Waals surface area contributed by atoms with E-state index in [4.69, 9.17) is 0 Å². The molecule has 4 bridgehead atoms. The van der Waals surface area contributed by atoms with Crippen molar-refractivity contribution in [3.8, 4) is 0 Å². The molecule has 0 spiro atoms. The predicted molar refractivity (Wildman–Crippen MR) is 120 cm³/mol. The Labute approximate surface area is 188 Å². The van der Waals surface area contributed by atoms with Crippen LogP contribution in [0.5, 0.6) is 0 Å². The summed E-state index contributed by atoms with van der Waals surface area (Å²) in [7, 11) is -7.29. The van der Waals surface area contributed by atoms with E-state index < -0.39 is 30.2 Å². The van der Waals surface area contributed by atoms with Crippen molar-refractivity contribution in [1.82, 2.24) is 0 Å². The molecule has 26 heavy (non-hydrogen) atoms. The lowest BCUT2D eigenvalue weighted by Gasteiger charge is -2.42. The number of sulfone groups is 2. The van der Waals surface area contributed by atoms with Gasteiger partial charge >= 0.3 is 0 Å². The average Bonchev–Trinajstić information content (AvgIpc) is 3.29. The quantitative estimate of drug-likeness (QED) is 0.402. The fraction of sp³-hybridized carbons (Fsp3) is 0.625. The maximum atomic E-state index is 13.6. The minimum atomic E-state index is -3.64. The van der Waals surface area contributed by atoms with Crippen LogP contribution in [-0.2, 0) is 19.7 Å². The second-order valence-corrected chi connectivity index (χ2v) is 17.1. The van der Waals surface area contributed by atoms with E-state index in [9.17, 15) is 16.8 Å². The maximum absolute atomic E-state index is 13.6. The summed E-state index contributed by atoms with van der Waals surface area (Å²) in [5.41, 5.74) is 0. The average molecular weight is 652 g/mol. The molecule has 0 amide bonds. The smallest absolute Gasteiger partial charge is 0.186 e. The van der Waals surface area contributed by atoms with Crippen LogP contribution in [0.4, 0.5) is 0 Å². The first kappa shape index (κ1) is 18.1. The Hall–Kier alpha value is 1.28. The van der Waals surface area contributed by atoms with Crippen LogP contribution in [0.1, 0.15) is 12.8 Å². The monoisotopic (exact) mass is 652 g/mol. The summed E-state index contributed by atoms with van der Waals surface area (Å²) < 4.78 is 55.6. The highest BCUT2D eigenvalue weighted by molar-refractivity contribution is 14.1. The number of fused-ring (bicyclic) bond motifs is 13. The molecule has 5 aliphatic heterocycles. The zero-order valence-corrected chi connectivity index (χ0v) is 20.8. The molecule has 0 saturated carbocycles. The zero-order chi connectivity index (χ0) is 18.2. The number of hydrogen-bond donors (Lipinski definition) is 0. The summed E-state index contributed by atoms with van der Waals surface area (Å²) in [5.74, 6) is 0.756. The van der Waals surface area contributed by atoms with E-state index in [1.807, 2.05) is 34.4 Å². The lowest BCUT2D eigenvalue weighted by Crippen LogP contribution is -2.58. The molecule has 0 aromatic heterocycles. The van der Waals surface area contributed by atoms with Gasteiger partial charge in [0.2, 0.25) is 0 Å². The van der Waals surface area contributed by atoms with Gasteiger partial charge in [-0.2, -0.15) is 23.5 Å². The summed E-state index contributed by atoms with van der Waals surface area (Å²) in [6, 6.07) is 3.33. The molecule has 140 valence electrons. The summed E-state index contributed by atoms with van der Waals surface area (Å²) in [5, 5.41) is -0.565. The van der Waals surface area contributed by atoms with E-state index in [-0.39, 0.29) is 20.3 Å². The number of hydrogen-bond acceptors (Lipinski definition) is 6. The van der Waals surface area contributed by atoms with Crippen molar-refractivity contribution < 1.29 is 16.8 Å². The van der Waals surface area contributed by atoms with Crippen molar-refractivity contribution in [2.45, 2.75) is 54.1 Å². The first-order chi connectivity index (χ1) is 12.2. The van der Waals surface area contributed by atoms with Gasteiger partial charge in [-0.25, -0.2) is 16.8 Å². The molecule has 4 fully saturated rings. The normalized spacial score (nSPS) is 48.2. The molecule has 0 radical (unpaired) electrons. The number of halogens is 2. The standard InChI is InChI=1S/C16H14I2O4S4/c17-5-3-6(18)14-9(4-5)25(19,20)15-12-10-7-1-2-8(23-7)11(10)13(24-12)16(15)26(14,21)22/h3-4,7-8,10-13,15-16H,1-2H2. The summed E-state index contributed by atoms with van der Waals surface area (Å²) in [6.07, 6.45) is 2.33. The molecule has 8 atom stereocenters. The lowest BCUT2D eigenvalue weighted by atomic mass is 9.70. The number of rotatable bonds is 0. The Balaban J connectivity index is 1.62. The van der Waals surface area contributed by atoms with Crippen molar-refractivity contribution in [3.63, 3.8) is 0 Å². The third-order valence-electron chi connectivity index (χ3n) is 6.71. The van der Waals surface area contributed by atoms with Crippen molar-refractivity contribution in [1.29, 1.82) is 0 Å². The maximum Gasteiger partial charge on any atom is 0.186 e. The summed E-state index contributed by atoms with van der Waals surface area (Å²) in [4.78, 5) is 0.121. The molecule has 4 saturated heterocycles. The largest absolute Gasteiger partial charge is 0.223 e. The molecular formula is C16H14I2O4S4. The molecular weight excluding hydrogens is 638 g/mol. The van der Waals surface area contributed by atoms with Gasteiger partial charge < -0.3 is 0 Å². The minimum Gasteiger partial charge on any atom is -0.223 e. The van der Waals surface area contributed by atoms with E-state index in [0.29, 0.717) is 25.9 Å². The van der Waals surface area contributed by atoms with Crippen LogP contribution in [-0.4, -0.2) is 48.3 Å². The molecule has 5 aliphatic rings. The van der Waals surface area contributed by atoms with Gasteiger partial charge in [-0.1, -0.05) is 0 Å². The van der Waals surface area contributed by atoms with Crippen LogP contribution in [0.15, 0.2) is 21.9 Å². The number of thioether (sulfide) groups is 2. The van der Waals surface area contributed by atoms with Crippen LogP contribution in [0.2, 0.25) is 0 Å². The fourth-order valence-electron chi connectivity index (χ4n) is 5.96. The van der Waals surface area contributed by atoms with Crippen LogP contribution in [0.3, 0.4) is 0 Å². The van der Waals surface area contributed by atoms with Crippen LogP contribution in [0, 0.1) is 19.0 Å². The second-order valence-electron chi connectivity index (χ2n) is 7.74. The SMILES string of the molecule is O=S1(=O)c2cc(I)cc(I)c2S(=O)(=O)C2C3SC(C4C5CCC(S5)C34)C21.